The molecule has 3 amide bonds. The number of nitrogens with one attached hydrogen (secondary N) is 3. The van der Waals surface area contributed by atoms with Crippen molar-refractivity contribution in [1.29, 1.82) is 0 Å². The van der Waals surface area contributed by atoms with Gasteiger partial charge in [-0.05, 0) is 85.3 Å². The first-order chi connectivity index (χ1) is 19.3. The van der Waals surface area contributed by atoms with Crippen LogP contribution in [-0.2, 0) is 9.59 Å². The fourth-order valence-electron chi connectivity index (χ4n) is 3.59. The molecule has 9 heteroatoms. The van der Waals surface area contributed by atoms with Crippen LogP contribution in [0.2, 0.25) is 5.02 Å². The second-order valence-electron chi connectivity index (χ2n) is 8.67. The summed E-state index contributed by atoms with van der Waals surface area (Å²) in [4.78, 5) is 39.5. The molecule has 0 spiro atoms. The van der Waals surface area contributed by atoms with Crippen LogP contribution in [0.15, 0.2) is 114 Å². The van der Waals surface area contributed by atoms with Gasteiger partial charge in [-0.3, -0.25) is 14.4 Å². The number of thioether (sulfide) groups is 1. The van der Waals surface area contributed by atoms with Crippen LogP contribution < -0.4 is 16.0 Å². The van der Waals surface area contributed by atoms with Crippen LogP contribution in [0.1, 0.15) is 22.8 Å². The van der Waals surface area contributed by atoms with Crippen LogP contribution in [-0.4, -0.2) is 23.0 Å². The molecule has 0 heterocycles. The number of anilines is 2. The lowest BCUT2D eigenvalue weighted by molar-refractivity contribution is -0.115. The highest BCUT2D eigenvalue weighted by molar-refractivity contribution is 8.00. The van der Waals surface area contributed by atoms with E-state index in [0.717, 1.165) is 4.90 Å². The van der Waals surface area contributed by atoms with E-state index in [1.165, 1.54) is 36.0 Å². The fourth-order valence-corrected chi connectivity index (χ4v) is 4.71. The lowest BCUT2D eigenvalue weighted by Crippen LogP contribution is -2.30. The van der Waals surface area contributed by atoms with Crippen LogP contribution >= 0.6 is 23.4 Å². The normalized spacial score (nSPS) is 11.8. The van der Waals surface area contributed by atoms with Crippen molar-refractivity contribution in [3.63, 3.8) is 0 Å². The topological polar surface area (TPSA) is 87.3 Å². The summed E-state index contributed by atoms with van der Waals surface area (Å²) in [5, 5.41) is 8.29. The summed E-state index contributed by atoms with van der Waals surface area (Å²) in [5.41, 5.74) is 2.04. The van der Waals surface area contributed by atoms with Gasteiger partial charge in [0.15, 0.2) is 0 Å². The molecule has 0 fully saturated rings. The van der Waals surface area contributed by atoms with Crippen molar-refractivity contribution in [2.45, 2.75) is 17.1 Å². The van der Waals surface area contributed by atoms with Crippen molar-refractivity contribution in [2.24, 2.45) is 0 Å². The van der Waals surface area contributed by atoms with E-state index in [2.05, 4.69) is 16.0 Å². The van der Waals surface area contributed by atoms with Gasteiger partial charge in [-0.2, -0.15) is 0 Å². The van der Waals surface area contributed by atoms with E-state index < -0.39 is 17.1 Å². The van der Waals surface area contributed by atoms with E-state index in [1.54, 1.807) is 85.8 Å². The van der Waals surface area contributed by atoms with Crippen molar-refractivity contribution in [3.05, 3.63) is 131 Å². The Bertz CT molecular complexity index is 1550. The van der Waals surface area contributed by atoms with Gasteiger partial charge in [0.1, 0.15) is 11.5 Å². The zero-order valence-electron chi connectivity index (χ0n) is 21.4. The van der Waals surface area contributed by atoms with Gasteiger partial charge in [-0.25, -0.2) is 4.39 Å². The maximum atomic E-state index is 13.3. The highest BCUT2D eigenvalue weighted by Crippen LogP contribution is 2.27. The first-order valence-corrected chi connectivity index (χ1v) is 13.5. The molecule has 40 heavy (non-hydrogen) atoms. The molecule has 1 unspecified atom stereocenters. The summed E-state index contributed by atoms with van der Waals surface area (Å²) in [6, 6.07) is 28.0. The molecule has 0 bridgehead atoms. The summed E-state index contributed by atoms with van der Waals surface area (Å²) in [7, 11) is 0. The highest BCUT2D eigenvalue weighted by atomic mass is 35.5. The minimum atomic E-state index is -0.534. The molecular formula is C31H25ClFN3O3S. The first-order valence-electron chi connectivity index (χ1n) is 12.2. The molecule has 0 radical (unpaired) electrons. The molecule has 4 aromatic carbocycles. The summed E-state index contributed by atoms with van der Waals surface area (Å²) < 4.78 is 13.1. The summed E-state index contributed by atoms with van der Waals surface area (Å²) >= 11 is 7.41. The Morgan fingerprint density at radius 1 is 0.825 bits per heavy atom. The number of hydrogen-bond acceptors (Lipinski definition) is 4. The highest BCUT2D eigenvalue weighted by Gasteiger charge is 2.17. The van der Waals surface area contributed by atoms with Gasteiger partial charge in [0.25, 0.3) is 11.8 Å². The number of halogens is 2. The van der Waals surface area contributed by atoms with Crippen molar-refractivity contribution >= 4 is 58.5 Å². The molecule has 0 aliphatic heterocycles. The van der Waals surface area contributed by atoms with Gasteiger partial charge in [-0.1, -0.05) is 48.0 Å². The van der Waals surface area contributed by atoms with E-state index in [9.17, 15) is 18.8 Å². The number of rotatable bonds is 9. The van der Waals surface area contributed by atoms with E-state index in [1.807, 2.05) is 6.07 Å². The molecule has 0 saturated carbocycles. The second-order valence-corrected chi connectivity index (χ2v) is 10.5. The zero-order valence-corrected chi connectivity index (χ0v) is 22.9. The van der Waals surface area contributed by atoms with E-state index >= 15 is 0 Å². The third-order valence-corrected chi connectivity index (χ3v) is 6.90. The number of amides is 3. The third-order valence-electron chi connectivity index (χ3n) is 5.57. The van der Waals surface area contributed by atoms with E-state index in [0.29, 0.717) is 27.5 Å². The molecule has 0 aliphatic rings. The van der Waals surface area contributed by atoms with E-state index in [4.69, 9.17) is 11.6 Å². The zero-order chi connectivity index (χ0) is 28.5. The lowest BCUT2D eigenvalue weighted by Gasteiger charge is -2.14. The van der Waals surface area contributed by atoms with Gasteiger partial charge in [-0.15, -0.1) is 11.8 Å². The molecule has 4 rings (SSSR count). The predicted octanol–water partition coefficient (Wildman–Crippen LogP) is 7.01. The van der Waals surface area contributed by atoms with Crippen LogP contribution in [0.25, 0.3) is 6.08 Å². The number of carbonyl (C=O) groups is 3. The maximum absolute atomic E-state index is 13.3. The van der Waals surface area contributed by atoms with Crippen LogP contribution in [0.3, 0.4) is 0 Å². The predicted molar refractivity (Wildman–Crippen MR) is 159 cm³/mol. The largest absolute Gasteiger partial charge is 0.325 e. The van der Waals surface area contributed by atoms with Crippen LogP contribution in [0.4, 0.5) is 15.8 Å². The molecule has 6 nitrogen and oxygen atoms in total. The average molecular weight is 574 g/mol. The second kappa shape index (κ2) is 13.6. The third kappa shape index (κ3) is 8.30. The fraction of sp³-hybridized carbons (Fsp3) is 0.0645. The maximum Gasteiger partial charge on any atom is 0.272 e. The molecule has 3 N–H and O–H groups in total. The van der Waals surface area contributed by atoms with E-state index in [-0.39, 0.29) is 17.4 Å². The molecule has 4 aromatic rings. The molecule has 0 aliphatic carbocycles. The van der Waals surface area contributed by atoms with Crippen molar-refractivity contribution in [3.8, 4) is 0 Å². The molecular weight excluding hydrogens is 549 g/mol. The van der Waals surface area contributed by atoms with Crippen molar-refractivity contribution in [2.75, 3.05) is 10.6 Å². The van der Waals surface area contributed by atoms with Crippen molar-refractivity contribution in [1.82, 2.24) is 5.32 Å². The summed E-state index contributed by atoms with van der Waals surface area (Å²) in [6.45, 7) is 1.75. The molecule has 0 aromatic heterocycles. The Morgan fingerprint density at radius 2 is 1.55 bits per heavy atom. The number of benzene rings is 4. The smallest absolute Gasteiger partial charge is 0.272 e. The minimum Gasteiger partial charge on any atom is -0.325 e. The monoisotopic (exact) mass is 573 g/mol. The van der Waals surface area contributed by atoms with Gasteiger partial charge in [0.05, 0.1) is 5.25 Å². The van der Waals surface area contributed by atoms with Gasteiger partial charge >= 0.3 is 0 Å². The Hall–Kier alpha value is -4.40. The van der Waals surface area contributed by atoms with Gasteiger partial charge < -0.3 is 16.0 Å². The number of hydrogen-bond donors (Lipinski definition) is 3. The molecule has 1 atom stereocenters. The van der Waals surface area contributed by atoms with Crippen molar-refractivity contribution < 1.29 is 18.8 Å². The number of carbonyl (C=O) groups excluding carboxylic acids is 3. The standard InChI is InChI=1S/C31H25ClFN3O3S/c1-20(29(37)34-25-15-13-24(33)14-16-25)40-27-12-6-11-26(19-27)35-31(39)28(18-21-7-5-10-23(32)17-21)36-30(38)22-8-3-2-4-9-22/h2-20H,1H3,(H,34,37)(H,35,39)(H,36,38)/b28-18-. The Kier molecular flexibility index (Phi) is 9.72. The Labute approximate surface area is 240 Å². The van der Waals surface area contributed by atoms with Crippen LogP contribution in [0.5, 0.6) is 0 Å². The SMILES string of the molecule is CC(Sc1cccc(NC(=O)/C(=C/c2cccc(Cl)c2)NC(=O)c2ccccc2)c1)C(=O)Nc1ccc(F)cc1. The Balaban J connectivity index is 1.47. The lowest BCUT2D eigenvalue weighted by atomic mass is 10.1. The van der Waals surface area contributed by atoms with Gasteiger partial charge in [0, 0.05) is 26.9 Å². The Morgan fingerprint density at radius 3 is 2.27 bits per heavy atom. The molecule has 0 saturated heterocycles. The summed E-state index contributed by atoms with van der Waals surface area (Å²) in [6.07, 6.45) is 1.54. The van der Waals surface area contributed by atoms with Crippen LogP contribution in [0, 0.1) is 5.82 Å². The minimum absolute atomic E-state index is 0.0289. The average Bonchev–Trinajstić information content (AvgIpc) is 2.94. The summed E-state index contributed by atoms with van der Waals surface area (Å²) in [5.74, 6) is -1.60. The van der Waals surface area contributed by atoms with Gasteiger partial charge in [0.2, 0.25) is 5.91 Å². The molecule has 202 valence electrons. The quantitative estimate of drug-likeness (QED) is 0.148. The first kappa shape index (κ1) is 28.6.